The van der Waals surface area contributed by atoms with Crippen LogP contribution in [-0.2, 0) is 4.74 Å². The van der Waals surface area contributed by atoms with E-state index in [4.69, 9.17) is 9.47 Å². The van der Waals surface area contributed by atoms with Crippen LogP contribution in [-0.4, -0.2) is 50.0 Å². The third kappa shape index (κ3) is 9.31. The normalized spacial score (nSPS) is 13.0. The Morgan fingerprint density at radius 2 is 1.88 bits per heavy atom. The Kier molecular flexibility index (Phi) is 10.7. The molecule has 0 aromatic heterocycles. The number of benzene rings is 1. The molecule has 1 rings (SSSR count). The Morgan fingerprint density at radius 3 is 2.48 bits per heavy atom. The lowest BCUT2D eigenvalue weighted by Crippen LogP contribution is -2.38. The molecule has 0 fully saturated rings. The number of guanidine groups is 1. The number of rotatable bonds is 11. The van der Waals surface area contributed by atoms with Crippen LogP contribution in [0.4, 0.5) is 0 Å². The molecule has 1 atom stereocenters. The highest BCUT2D eigenvalue weighted by atomic mass is 16.5. The maximum Gasteiger partial charge on any atom is 0.191 e. The fourth-order valence-corrected chi connectivity index (χ4v) is 2.19. The fourth-order valence-electron chi connectivity index (χ4n) is 2.19. The smallest absolute Gasteiger partial charge is 0.191 e. The lowest BCUT2D eigenvalue weighted by atomic mass is 10.1. The van der Waals surface area contributed by atoms with Crippen molar-refractivity contribution in [2.75, 3.05) is 32.8 Å². The molecule has 0 amide bonds. The molecule has 1 aromatic rings. The van der Waals surface area contributed by atoms with Gasteiger partial charge in [0, 0.05) is 26.3 Å². The van der Waals surface area contributed by atoms with Gasteiger partial charge in [-0.25, -0.2) is 0 Å². The number of aliphatic imine (C=N–C) groups is 1. The average molecular weight is 351 g/mol. The van der Waals surface area contributed by atoms with Gasteiger partial charge >= 0.3 is 0 Å². The Labute approximate surface area is 151 Å². The van der Waals surface area contributed by atoms with E-state index in [1.54, 1.807) is 0 Å². The van der Waals surface area contributed by atoms with E-state index in [2.05, 4.69) is 15.6 Å². The maximum atomic E-state index is 10.3. The number of hydrogen-bond donors (Lipinski definition) is 3. The molecule has 25 heavy (non-hydrogen) atoms. The number of ether oxygens (including phenoxy) is 2. The number of nitrogens with zero attached hydrogens (tertiary/aromatic N) is 1. The van der Waals surface area contributed by atoms with Gasteiger partial charge < -0.3 is 25.2 Å². The molecule has 1 aromatic carbocycles. The topological polar surface area (TPSA) is 75.1 Å². The Bertz CT molecular complexity index is 489. The van der Waals surface area contributed by atoms with Gasteiger partial charge in [-0.05, 0) is 51.8 Å². The van der Waals surface area contributed by atoms with E-state index in [1.807, 2.05) is 52.0 Å². The van der Waals surface area contributed by atoms with Gasteiger partial charge in [0.25, 0.3) is 0 Å². The van der Waals surface area contributed by atoms with Gasteiger partial charge in [-0.15, -0.1) is 0 Å². The minimum absolute atomic E-state index is 0.136. The monoisotopic (exact) mass is 351 g/mol. The highest BCUT2D eigenvalue weighted by molar-refractivity contribution is 5.79. The third-order valence-electron chi connectivity index (χ3n) is 3.37. The number of aliphatic hydroxyl groups is 1. The van der Waals surface area contributed by atoms with Crippen LogP contribution >= 0.6 is 0 Å². The predicted octanol–water partition coefficient (Wildman–Crippen LogP) is 2.49. The number of aliphatic hydroxyl groups excluding tert-OH is 1. The Balaban J connectivity index is 2.50. The molecule has 0 aliphatic rings. The Morgan fingerprint density at radius 1 is 1.16 bits per heavy atom. The van der Waals surface area contributed by atoms with Gasteiger partial charge in [0.15, 0.2) is 5.96 Å². The fraction of sp³-hybridized carbons (Fsp3) is 0.632. The second kappa shape index (κ2) is 12.6. The molecule has 0 bridgehead atoms. The van der Waals surface area contributed by atoms with E-state index in [0.29, 0.717) is 12.5 Å². The highest BCUT2D eigenvalue weighted by Crippen LogP contribution is 2.19. The summed E-state index contributed by atoms with van der Waals surface area (Å²) in [5.74, 6) is 1.51. The number of hydrogen-bond acceptors (Lipinski definition) is 4. The second-order valence-electron chi connectivity index (χ2n) is 5.95. The van der Waals surface area contributed by atoms with E-state index < -0.39 is 6.10 Å². The quantitative estimate of drug-likeness (QED) is 0.324. The molecule has 0 saturated heterocycles. The summed E-state index contributed by atoms with van der Waals surface area (Å²) >= 11 is 0. The van der Waals surface area contributed by atoms with Crippen LogP contribution in [0.3, 0.4) is 0 Å². The van der Waals surface area contributed by atoms with Crippen LogP contribution in [0.15, 0.2) is 29.3 Å². The second-order valence-corrected chi connectivity index (χ2v) is 5.95. The molecular weight excluding hydrogens is 318 g/mol. The molecule has 3 N–H and O–H groups in total. The van der Waals surface area contributed by atoms with Crippen molar-refractivity contribution >= 4 is 5.96 Å². The summed E-state index contributed by atoms with van der Waals surface area (Å²) in [4.78, 5) is 4.45. The van der Waals surface area contributed by atoms with Crippen molar-refractivity contribution in [1.82, 2.24) is 10.6 Å². The van der Waals surface area contributed by atoms with Crippen LogP contribution in [0.25, 0.3) is 0 Å². The zero-order valence-electron chi connectivity index (χ0n) is 15.9. The van der Waals surface area contributed by atoms with Gasteiger partial charge in [-0.3, -0.25) is 4.99 Å². The van der Waals surface area contributed by atoms with Crippen molar-refractivity contribution in [3.63, 3.8) is 0 Å². The van der Waals surface area contributed by atoms with E-state index in [-0.39, 0.29) is 6.10 Å². The summed E-state index contributed by atoms with van der Waals surface area (Å²) in [5.41, 5.74) is 0.826. The molecule has 6 heteroatoms. The molecule has 0 heterocycles. The van der Waals surface area contributed by atoms with Gasteiger partial charge in [0.05, 0.1) is 18.8 Å². The first-order valence-corrected chi connectivity index (χ1v) is 9.11. The first-order chi connectivity index (χ1) is 12.1. The molecule has 6 nitrogen and oxygen atoms in total. The lowest BCUT2D eigenvalue weighted by molar-refractivity contribution is 0.145. The molecular formula is C19H33N3O3. The van der Waals surface area contributed by atoms with E-state index in [9.17, 15) is 5.11 Å². The van der Waals surface area contributed by atoms with E-state index in [1.165, 1.54) is 0 Å². The zero-order chi connectivity index (χ0) is 18.5. The summed E-state index contributed by atoms with van der Waals surface area (Å²) in [6.07, 6.45) is 0.404. The van der Waals surface area contributed by atoms with Gasteiger partial charge in [-0.1, -0.05) is 12.1 Å². The predicted molar refractivity (Wildman–Crippen MR) is 102 cm³/mol. The summed E-state index contributed by atoms with van der Waals surface area (Å²) in [6, 6.07) is 7.50. The largest absolute Gasteiger partial charge is 0.491 e. The average Bonchev–Trinajstić information content (AvgIpc) is 2.59. The molecule has 0 radical (unpaired) electrons. The summed E-state index contributed by atoms with van der Waals surface area (Å²) in [7, 11) is 0. The SMILES string of the molecule is CCNC(=NCC(O)c1ccc(OC(C)C)cc1)NCCCOCC. The van der Waals surface area contributed by atoms with Crippen LogP contribution in [0.5, 0.6) is 5.75 Å². The van der Waals surface area contributed by atoms with Crippen molar-refractivity contribution in [2.45, 2.75) is 46.3 Å². The Hall–Kier alpha value is -1.79. The van der Waals surface area contributed by atoms with Gasteiger partial charge in [-0.2, -0.15) is 0 Å². The molecule has 0 aliphatic heterocycles. The van der Waals surface area contributed by atoms with E-state index >= 15 is 0 Å². The standard InChI is InChI=1S/C19H33N3O3/c1-5-20-19(21-12-7-13-24-6-2)22-14-18(23)16-8-10-17(11-9-16)25-15(3)4/h8-11,15,18,23H,5-7,12-14H2,1-4H3,(H2,20,21,22). The number of nitrogens with one attached hydrogen (secondary N) is 2. The maximum absolute atomic E-state index is 10.3. The third-order valence-corrected chi connectivity index (χ3v) is 3.37. The van der Waals surface area contributed by atoms with Gasteiger partial charge in [0.1, 0.15) is 5.75 Å². The van der Waals surface area contributed by atoms with Crippen molar-refractivity contribution in [3.8, 4) is 5.75 Å². The van der Waals surface area contributed by atoms with Crippen LogP contribution in [0.2, 0.25) is 0 Å². The summed E-state index contributed by atoms with van der Waals surface area (Å²) in [5, 5.41) is 16.8. The minimum atomic E-state index is -0.646. The summed E-state index contributed by atoms with van der Waals surface area (Å²) in [6.45, 7) is 11.3. The minimum Gasteiger partial charge on any atom is -0.491 e. The van der Waals surface area contributed by atoms with Crippen LogP contribution in [0, 0.1) is 0 Å². The van der Waals surface area contributed by atoms with Crippen LogP contribution in [0.1, 0.15) is 45.8 Å². The van der Waals surface area contributed by atoms with Crippen LogP contribution < -0.4 is 15.4 Å². The molecule has 0 saturated carbocycles. The lowest BCUT2D eigenvalue weighted by Gasteiger charge is -2.14. The zero-order valence-corrected chi connectivity index (χ0v) is 15.9. The van der Waals surface area contributed by atoms with Crippen molar-refractivity contribution in [3.05, 3.63) is 29.8 Å². The molecule has 0 aliphatic carbocycles. The van der Waals surface area contributed by atoms with Crippen molar-refractivity contribution in [1.29, 1.82) is 0 Å². The van der Waals surface area contributed by atoms with Crippen molar-refractivity contribution in [2.24, 2.45) is 4.99 Å². The first kappa shape index (κ1) is 21.3. The molecule has 1 unspecified atom stereocenters. The highest BCUT2D eigenvalue weighted by Gasteiger charge is 2.08. The van der Waals surface area contributed by atoms with Crippen molar-refractivity contribution < 1.29 is 14.6 Å². The van der Waals surface area contributed by atoms with E-state index in [0.717, 1.165) is 44.0 Å². The molecule has 0 spiro atoms. The van der Waals surface area contributed by atoms with Gasteiger partial charge in [0.2, 0.25) is 0 Å². The first-order valence-electron chi connectivity index (χ1n) is 9.11. The summed E-state index contributed by atoms with van der Waals surface area (Å²) < 4.78 is 10.9. The molecule has 142 valence electrons.